The number of sulfonamides is 1. The Morgan fingerprint density at radius 2 is 1.50 bits per heavy atom. The van der Waals surface area contributed by atoms with Gasteiger partial charge in [-0.15, -0.1) is 0 Å². The standard InChI is InChI=1S/C37H40ClN3O4S/c1-27-19-21-33(22-20-27)46(44,45)41(34-18-9-6-11-28(34)2)26-36(42)40(25-30-14-10-15-31(38)23-30)35(24-29-12-4-3-5-13-29)37(43)39-32-16-7-8-17-32/h3-6,9-15,18-23,32,35H,7-8,16-17,24-26H2,1-2H3,(H,39,43)/t35-/m1/s1. The van der Waals surface area contributed by atoms with Crippen LogP contribution >= 0.6 is 11.6 Å². The maximum atomic E-state index is 14.6. The number of carbonyl (C=O) groups is 2. The van der Waals surface area contributed by atoms with Crippen molar-refractivity contribution in [1.29, 1.82) is 0 Å². The molecule has 0 spiro atoms. The molecular weight excluding hydrogens is 618 g/mol. The fraction of sp³-hybridized carbons (Fsp3) is 0.297. The largest absolute Gasteiger partial charge is 0.352 e. The number of hydrogen-bond acceptors (Lipinski definition) is 4. The Labute approximate surface area is 277 Å². The highest BCUT2D eigenvalue weighted by Gasteiger charge is 2.36. The maximum absolute atomic E-state index is 14.6. The van der Waals surface area contributed by atoms with Crippen molar-refractivity contribution in [3.8, 4) is 0 Å². The summed E-state index contributed by atoms with van der Waals surface area (Å²) in [6, 6.07) is 29.5. The summed E-state index contributed by atoms with van der Waals surface area (Å²) in [5.41, 5.74) is 3.64. The Morgan fingerprint density at radius 3 is 2.17 bits per heavy atom. The molecule has 4 aromatic carbocycles. The Hall–Kier alpha value is -4.14. The molecule has 1 aliphatic rings. The molecule has 1 saturated carbocycles. The van der Waals surface area contributed by atoms with E-state index in [9.17, 15) is 18.0 Å². The van der Waals surface area contributed by atoms with Crippen LogP contribution < -0.4 is 9.62 Å². The molecule has 2 amide bonds. The van der Waals surface area contributed by atoms with Gasteiger partial charge >= 0.3 is 0 Å². The molecule has 0 radical (unpaired) electrons. The number of hydrogen-bond donors (Lipinski definition) is 1. The van der Waals surface area contributed by atoms with Gasteiger partial charge in [-0.2, -0.15) is 0 Å². The molecular formula is C37H40ClN3O4S. The summed E-state index contributed by atoms with van der Waals surface area (Å²) in [5.74, 6) is -0.753. The van der Waals surface area contributed by atoms with Crippen LogP contribution in [-0.4, -0.2) is 43.8 Å². The van der Waals surface area contributed by atoms with Gasteiger partial charge in [-0.05, 0) is 73.7 Å². The van der Waals surface area contributed by atoms with E-state index in [2.05, 4.69) is 5.32 Å². The second kappa shape index (κ2) is 15.0. The van der Waals surface area contributed by atoms with Gasteiger partial charge in [-0.25, -0.2) is 8.42 Å². The van der Waals surface area contributed by atoms with Gasteiger partial charge in [0.1, 0.15) is 12.6 Å². The molecule has 1 fully saturated rings. The van der Waals surface area contributed by atoms with Gasteiger partial charge in [0, 0.05) is 24.0 Å². The van der Waals surface area contributed by atoms with Crippen LogP contribution in [0.4, 0.5) is 5.69 Å². The molecule has 0 unspecified atom stereocenters. The molecule has 0 heterocycles. The quantitative estimate of drug-likeness (QED) is 0.181. The summed E-state index contributed by atoms with van der Waals surface area (Å²) >= 11 is 6.34. The molecule has 46 heavy (non-hydrogen) atoms. The van der Waals surface area contributed by atoms with Crippen LogP contribution in [0.15, 0.2) is 108 Å². The molecule has 0 bridgehead atoms. The number of aryl methyl sites for hydroxylation is 2. The number of rotatable bonds is 12. The summed E-state index contributed by atoms with van der Waals surface area (Å²) in [6.45, 7) is 3.27. The van der Waals surface area contributed by atoms with E-state index >= 15 is 0 Å². The van der Waals surface area contributed by atoms with E-state index in [1.165, 1.54) is 4.90 Å². The summed E-state index contributed by atoms with van der Waals surface area (Å²) in [7, 11) is -4.16. The highest BCUT2D eigenvalue weighted by atomic mass is 35.5. The van der Waals surface area contributed by atoms with Gasteiger partial charge in [0.25, 0.3) is 10.0 Å². The second-order valence-corrected chi connectivity index (χ2v) is 14.3. The van der Waals surface area contributed by atoms with Gasteiger partial charge < -0.3 is 10.2 Å². The summed E-state index contributed by atoms with van der Waals surface area (Å²) in [5, 5.41) is 3.70. The number of para-hydroxylation sites is 1. The van der Waals surface area contributed by atoms with Crippen molar-refractivity contribution in [2.45, 2.75) is 69.5 Å². The van der Waals surface area contributed by atoms with Crippen LogP contribution in [0.5, 0.6) is 0 Å². The van der Waals surface area contributed by atoms with E-state index < -0.39 is 28.5 Å². The average Bonchev–Trinajstić information content (AvgIpc) is 3.55. The first-order valence-corrected chi connectivity index (χ1v) is 17.5. The number of halogens is 1. The minimum absolute atomic E-state index is 0.0410. The van der Waals surface area contributed by atoms with E-state index in [1.54, 1.807) is 54.6 Å². The first-order chi connectivity index (χ1) is 22.1. The van der Waals surface area contributed by atoms with Crippen LogP contribution in [0.3, 0.4) is 0 Å². The van der Waals surface area contributed by atoms with Crippen LogP contribution in [0.2, 0.25) is 5.02 Å². The van der Waals surface area contributed by atoms with Crippen molar-refractivity contribution in [1.82, 2.24) is 10.2 Å². The lowest BCUT2D eigenvalue weighted by Crippen LogP contribution is -2.54. The molecule has 1 aliphatic carbocycles. The smallest absolute Gasteiger partial charge is 0.264 e. The van der Waals surface area contributed by atoms with Gasteiger partial charge in [0.15, 0.2) is 0 Å². The van der Waals surface area contributed by atoms with E-state index in [4.69, 9.17) is 11.6 Å². The normalized spacial score (nSPS) is 14.1. The van der Waals surface area contributed by atoms with Crippen molar-refractivity contribution in [2.24, 2.45) is 0 Å². The topological polar surface area (TPSA) is 86.8 Å². The zero-order valence-electron chi connectivity index (χ0n) is 26.2. The number of carbonyl (C=O) groups excluding carboxylic acids is 2. The Morgan fingerprint density at radius 1 is 0.848 bits per heavy atom. The molecule has 1 N–H and O–H groups in total. The molecule has 5 rings (SSSR count). The molecule has 0 saturated heterocycles. The third-order valence-corrected chi connectivity index (χ3v) is 10.5. The van der Waals surface area contributed by atoms with Crippen molar-refractivity contribution in [2.75, 3.05) is 10.8 Å². The van der Waals surface area contributed by atoms with Crippen LogP contribution in [0.25, 0.3) is 0 Å². The minimum atomic E-state index is -4.16. The summed E-state index contributed by atoms with van der Waals surface area (Å²) in [4.78, 5) is 30.3. The molecule has 0 aromatic heterocycles. The molecule has 0 aliphatic heterocycles. The Kier molecular flexibility index (Phi) is 10.8. The number of nitrogens with zero attached hydrogens (tertiary/aromatic N) is 2. The fourth-order valence-electron chi connectivity index (χ4n) is 5.95. The highest BCUT2D eigenvalue weighted by Crippen LogP contribution is 2.28. The number of anilines is 1. The van der Waals surface area contributed by atoms with E-state index in [0.29, 0.717) is 16.3 Å². The van der Waals surface area contributed by atoms with Gasteiger partial charge in [-0.1, -0.05) is 103 Å². The number of nitrogens with one attached hydrogen (secondary N) is 1. The SMILES string of the molecule is Cc1ccc(S(=O)(=O)N(CC(=O)N(Cc2cccc(Cl)c2)[C@H](Cc2ccccc2)C(=O)NC2CCCC2)c2ccccc2C)cc1. The highest BCUT2D eigenvalue weighted by molar-refractivity contribution is 7.92. The van der Waals surface area contributed by atoms with E-state index in [1.807, 2.05) is 62.4 Å². The average molecular weight is 658 g/mol. The lowest BCUT2D eigenvalue weighted by Gasteiger charge is -2.34. The first-order valence-electron chi connectivity index (χ1n) is 15.6. The van der Waals surface area contributed by atoms with Gasteiger partial charge in [0.05, 0.1) is 10.6 Å². The van der Waals surface area contributed by atoms with Crippen LogP contribution in [0, 0.1) is 13.8 Å². The Bertz CT molecular complexity index is 1760. The zero-order chi connectivity index (χ0) is 32.7. The Balaban J connectivity index is 1.57. The summed E-state index contributed by atoms with van der Waals surface area (Å²) < 4.78 is 29.6. The number of amides is 2. The predicted molar refractivity (Wildman–Crippen MR) is 183 cm³/mol. The van der Waals surface area contributed by atoms with Crippen molar-refractivity contribution in [3.05, 3.63) is 130 Å². The van der Waals surface area contributed by atoms with E-state index in [0.717, 1.165) is 46.7 Å². The fourth-order valence-corrected chi connectivity index (χ4v) is 7.64. The predicted octanol–water partition coefficient (Wildman–Crippen LogP) is 6.85. The van der Waals surface area contributed by atoms with Crippen molar-refractivity contribution >= 4 is 39.1 Å². The number of benzene rings is 4. The van der Waals surface area contributed by atoms with Crippen molar-refractivity contribution < 1.29 is 18.0 Å². The maximum Gasteiger partial charge on any atom is 0.264 e. The lowest BCUT2D eigenvalue weighted by atomic mass is 10.0. The molecule has 240 valence electrons. The van der Waals surface area contributed by atoms with Gasteiger partial charge in [-0.3, -0.25) is 13.9 Å². The monoisotopic (exact) mass is 657 g/mol. The lowest BCUT2D eigenvalue weighted by molar-refractivity contribution is -0.140. The molecule has 9 heteroatoms. The second-order valence-electron chi connectivity index (χ2n) is 12.0. The molecule has 7 nitrogen and oxygen atoms in total. The first kappa shape index (κ1) is 33.2. The van der Waals surface area contributed by atoms with Crippen molar-refractivity contribution in [3.63, 3.8) is 0 Å². The van der Waals surface area contributed by atoms with Gasteiger partial charge in [0.2, 0.25) is 11.8 Å². The third kappa shape index (κ3) is 8.17. The minimum Gasteiger partial charge on any atom is -0.352 e. The van der Waals surface area contributed by atoms with Crippen LogP contribution in [-0.2, 0) is 32.6 Å². The summed E-state index contributed by atoms with van der Waals surface area (Å²) in [6.07, 6.45) is 4.13. The third-order valence-electron chi connectivity index (χ3n) is 8.49. The van der Waals surface area contributed by atoms with Crippen LogP contribution in [0.1, 0.15) is 47.9 Å². The molecule has 4 aromatic rings. The van der Waals surface area contributed by atoms with E-state index in [-0.39, 0.29) is 29.8 Å². The zero-order valence-corrected chi connectivity index (χ0v) is 27.8. The molecule has 1 atom stereocenters.